The van der Waals surface area contributed by atoms with Gasteiger partial charge in [-0.15, -0.1) is 0 Å². The summed E-state index contributed by atoms with van der Waals surface area (Å²) < 4.78 is 0. The number of allylic oxidation sites excluding steroid dienone is 1. The summed E-state index contributed by atoms with van der Waals surface area (Å²) in [6.07, 6.45) is 8.14. The van der Waals surface area contributed by atoms with Crippen LogP contribution in [0.25, 0.3) is 6.08 Å². The minimum absolute atomic E-state index is 1.05. The van der Waals surface area contributed by atoms with Crippen molar-refractivity contribution in [2.24, 2.45) is 11.8 Å². The van der Waals surface area contributed by atoms with E-state index < -0.39 is 0 Å². The zero-order valence-corrected chi connectivity index (χ0v) is 12.4. The molecule has 1 aromatic rings. The number of hydrogen-bond donors (Lipinski definition) is 1. The molecule has 1 N–H and O–H groups in total. The molecular formula is C18H27N. The van der Waals surface area contributed by atoms with Gasteiger partial charge in [0.15, 0.2) is 0 Å². The molecule has 0 unspecified atom stereocenters. The molecule has 1 heterocycles. The summed E-state index contributed by atoms with van der Waals surface area (Å²) in [5, 5.41) is 3.46. The Morgan fingerprint density at radius 1 is 1.00 bits per heavy atom. The van der Waals surface area contributed by atoms with Gasteiger partial charge >= 0.3 is 0 Å². The second-order valence-electron chi connectivity index (χ2n) is 6.10. The van der Waals surface area contributed by atoms with E-state index in [0.717, 1.165) is 11.8 Å². The van der Waals surface area contributed by atoms with E-state index in [-0.39, 0.29) is 0 Å². The topological polar surface area (TPSA) is 12.0 Å². The van der Waals surface area contributed by atoms with Crippen LogP contribution in [0.1, 0.15) is 45.1 Å². The number of benzene rings is 1. The smallest absolute Gasteiger partial charge is 0.00173 e. The summed E-state index contributed by atoms with van der Waals surface area (Å²) in [6.45, 7) is 6.83. The molecule has 1 aliphatic heterocycles. The summed E-state index contributed by atoms with van der Waals surface area (Å²) in [7, 11) is 0. The molecule has 1 nitrogen and oxygen atoms in total. The predicted octanol–water partition coefficient (Wildman–Crippen LogP) is 4.51. The SMILES string of the molecule is C1CC[C@H]2CNC[C@H]2C1.CC(C)=Cc1ccccc1. The minimum Gasteiger partial charge on any atom is -0.316 e. The largest absolute Gasteiger partial charge is 0.316 e. The van der Waals surface area contributed by atoms with Crippen LogP contribution in [0.3, 0.4) is 0 Å². The summed E-state index contributed by atoms with van der Waals surface area (Å²) >= 11 is 0. The Morgan fingerprint density at radius 3 is 2.11 bits per heavy atom. The maximum Gasteiger partial charge on any atom is -0.00173 e. The molecule has 0 spiro atoms. The Morgan fingerprint density at radius 2 is 1.58 bits per heavy atom. The van der Waals surface area contributed by atoms with Crippen LogP contribution in [0, 0.1) is 11.8 Å². The van der Waals surface area contributed by atoms with E-state index in [4.69, 9.17) is 0 Å². The monoisotopic (exact) mass is 257 g/mol. The average molecular weight is 257 g/mol. The van der Waals surface area contributed by atoms with E-state index in [1.165, 1.54) is 49.9 Å². The fourth-order valence-electron chi connectivity index (χ4n) is 3.16. The number of hydrogen-bond acceptors (Lipinski definition) is 1. The maximum absolute atomic E-state index is 3.46. The van der Waals surface area contributed by atoms with Crippen molar-refractivity contribution < 1.29 is 0 Å². The van der Waals surface area contributed by atoms with Gasteiger partial charge in [-0.3, -0.25) is 0 Å². The van der Waals surface area contributed by atoms with Gasteiger partial charge < -0.3 is 5.32 Å². The van der Waals surface area contributed by atoms with Gasteiger partial charge in [-0.05, 0) is 57.2 Å². The van der Waals surface area contributed by atoms with E-state index in [1.54, 1.807) is 0 Å². The highest BCUT2D eigenvalue weighted by molar-refractivity contribution is 5.51. The van der Waals surface area contributed by atoms with Crippen molar-refractivity contribution in [3.63, 3.8) is 0 Å². The second-order valence-corrected chi connectivity index (χ2v) is 6.10. The van der Waals surface area contributed by atoms with E-state index in [0.29, 0.717) is 0 Å². The van der Waals surface area contributed by atoms with Crippen LogP contribution in [0.5, 0.6) is 0 Å². The maximum atomic E-state index is 3.46. The molecule has 1 saturated heterocycles. The van der Waals surface area contributed by atoms with Crippen LogP contribution in [-0.4, -0.2) is 13.1 Å². The van der Waals surface area contributed by atoms with Crippen molar-refractivity contribution in [3.05, 3.63) is 41.5 Å². The molecule has 104 valence electrons. The van der Waals surface area contributed by atoms with Crippen molar-refractivity contribution in [1.82, 2.24) is 5.32 Å². The lowest BCUT2D eigenvalue weighted by molar-refractivity contribution is 0.299. The van der Waals surface area contributed by atoms with Gasteiger partial charge in [-0.2, -0.15) is 0 Å². The lowest BCUT2D eigenvalue weighted by atomic mass is 9.82. The molecule has 1 heteroatoms. The number of nitrogens with one attached hydrogen (secondary N) is 1. The quantitative estimate of drug-likeness (QED) is 0.780. The Balaban J connectivity index is 0.000000141. The molecule has 2 atom stereocenters. The molecule has 19 heavy (non-hydrogen) atoms. The zero-order valence-electron chi connectivity index (χ0n) is 12.4. The number of rotatable bonds is 1. The Bertz CT molecular complexity index is 377. The van der Waals surface area contributed by atoms with Gasteiger partial charge in [0.2, 0.25) is 0 Å². The fourth-order valence-corrected chi connectivity index (χ4v) is 3.16. The third-order valence-electron chi connectivity index (χ3n) is 4.13. The van der Waals surface area contributed by atoms with Gasteiger partial charge in [0.05, 0.1) is 0 Å². The highest BCUT2D eigenvalue weighted by atomic mass is 14.9. The standard InChI is InChI=1S/C10H12.C8H15N/c1-9(2)8-10-6-4-3-5-7-10;1-2-4-8-6-9-5-7(8)3-1/h3-8H,1-2H3;7-9H,1-6H2/t;7-,8+. The van der Waals surface area contributed by atoms with E-state index in [2.05, 4.69) is 49.5 Å². The van der Waals surface area contributed by atoms with Crippen LogP contribution in [0.2, 0.25) is 0 Å². The average Bonchev–Trinajstić information content (AvgIpc) is 2.88. The van der Waals surface area contributed by atoms with E-state index >= 15 is 0 Å². The van der Waals surface area contributed by atoms with Gasteiger partial charge in [0.1, 0.15) is 0 Å². The first-order valence-electron chi connectivity index (χ1n) is 7.66. The van der Waals surface area contributed by atoms with Crippen LogP contribution >= 0.6 is 0 Å². The normalized spacial score (nSPS) is 24.9. The molecule has 0 aromatic heterocycles. The first kappa shape index (κ1) is 14.3. The van der Waals surface area contributed by atoms with Gasteiger partial charge in [0, 0.05) is 0 Å². The summed E-state index contributed by atoms with van der Waals surface area (Å²) in [4.78, 5) is 0. The first-order valence-corrected chi connectivity index (χ1v) is 7.66. The fraction of sp³-hybridized carbons (Fsp3) is 0.556. The molecular weight excluding hydrogens is 230 g/mol. The highest BCUT2D eigenvalue weighted by Crippen LogP contribution is 2.31. The molecule has 1 saturated carbocycles. The molecule has 0 amide bonds. The van der Waals surface area contributed by atoms with Crippen LogP contribution in [-0.2, 0) is 0 Å². The van der Waals surface area contributed by atoms with Gasteiger partial charge in [-0.1, -0.05) is 54.8 Å². The summed E-state index contributed by atoms with van der Waals surface area (Å²) in [5.41, 5.74) is 2.62. The van der Waals surface area contributed by atoms with Crippen LogP contribution in [0.4, 0.5) is 0 Å². The van der Waals surface area contributed by atoms with Crippen molar-refractivity contribution in [2.45, 2.75) is 39.5 Å². The zero-order chi connectivity index (χ0) is 13.5. The van der Waals surface area contributed by atoms with Crippen LogP contribution < -0.4 is 5.32 Å². The van der Waals surface area contributed by atoms with Crippen molar-refractivity contribution in [3.8, 4) is 0 Å². The molecule has 3 rings (SSSR count). The second kappa shape index (κ2) is 7.49. The van der Waals surface area contributed by atoms with Gasteiger partial charge in [0.25, 0.3) is 0 Å². The molecule has 0 bridgehead atoms. The Hall–Kier alpha value is -1.08. The molecule has 0 radical (unpaired) electrons. The molecule has 1 aromatic carbocycles. The minimum atomic E-state index is 1.05. The van der Waals surface area contributed by atoms with Crippen molar-refractivity contribution in [2.75, 3.05) is 13.1 Å². The lowest BCUT2D eigenvalue weighted by Gasteiger charge is -2.23. The first-order chi connectivity index (χ1) is 9.25. The van der Waals surface area contributed by atoms with Crippen LogP contribution in [0.15, 0.2) is 35.9 Å². The molecule has 2 fully saturated rings. The van der Waals surface area contributed by atoms with Gasteiger partial charge in [-0.25, -0.2) is 0 Å². The molecule has 1 aliphatic carbocycles. The summed E-state index contributed by atoms with van der Waals surface area (Å²) in [5.74, 6) is 2.11. The number of fused-ring (bicyclic) bond motifs is 1. The van der Waals surface area contributed by atoms with E-state index in [1.807, 2.05) is 6.07 Å². The van der Waals surface area contributed by atoms with Crippen molar-refractivity contribution in [1.29, 1.82) is 0 Å². The Labute approximate surface area is 118 Å². The highest BCUT2D eigenvalue weighted by Gasteiger charge is 2.28. The third kappa shape index (κ3) is 4.83. The van der Waals surface area contributed by atoms with E-state index in [9.17, 15) is 0 Å². The third-order valence-corrected chi connectivity index (χ3v) is 4.13. The van der Waals surface area contributed by atoms with Crippen molar-refractivity contribution >= 4 is 6.08 Å². The Kier molecular flexibility index (Phi) is 5.65. The molecule has 2 aliphatic rings. The lowest BCUT2D eigenvalue weighted by Crippen LogP contribution is -2.16. The summed E-state index contributed by atoms with van der Waals surface area (Å²) in [6, 6.07) is 10.3. The predicted molar refractivity (Wildman–Crippen MR) is 84.1 cm³/mol.